The lowest BCUT2D eigenvalue weighted by Crippen LogP contribution is -2.41. The van der Waals surface area contributed by atoms with Crippen LogP contribution < -0.4 is 14.8 Å². The number of nitrogens with zero attached hydrogens (tertiary/aromatic N) is 1. The average molecular weight is 483 g/mol. The van der Waals surface area contributed by atoms with Gasteiger partial charge < -0.3 is 14.8 Å². The molecule has 0 heterocycles. The summed E-state index contributed by atoms with van der Waals surface area (Å²) in [5.74, 6) is 1.25. The lowest BCUT2D eigenvalue weighted by molar-refractivity contribution is -0.118. The van der Waals surface area contributed by atoms with E-state index in [0.717, 1.165) is 29.3 Å². The van der Waals surface area contributed by atoms with Gasteiger partial charge >= 0.3 is 0 Å². The van der Waals surface area contributed by atoms with E-state index in [9.17, 15) is 10.1 Å². The van der Waals surface area contributed by atoms with E-state index in [2.05, 4.69) is 28.2 Å². The number of ether oxygens (including phenoxy) is 2. The maximum atomic E-state index is 12.6. The van der Waals surface area contributed by atoms with Gasteiger partial charge in [-0.05, 0) is 60.2 Å². The number of hydrogen-bond acceptors (Lipinski definition) is 4. The smallest absolute Gasteiger partial charge is 0.262 e. The van der Waals surface area contributed by atoms with Gasteiger partial charge in [-0.2, -0.15) is 5.26 Å². The Labute approximate surface area is 192 Å². The number of hydrogen-bond donors (Lipinski definition) is 1. The summed E-state index contributed by atoms with van der Waals surface area (Å²) in [6.45, 7) is 2.56. The van der Waals surface area contributed by atoms with Gasteiger partial charge in [0, 0.05) is 10.5 Å². The minimum Gasteiger partial charge on any atom is -0.493 e. The van der Waals surface area contributed by atoms with Gasteiger partial charge in [-0.3, -0.25) is 4.79 Å². The quantitative estimate of drug-likeness (QED) is 0.409. The van der Waals surface area contributed by atoms with Gasteiger partial charge in [0.25, 0.3) is 5.91 Å². The number of nitriles is 1. The molecule has 0 radical (unpaired) electrons. The molecule has 0 bridgehead atoms. The van der Waals surface area contributed by atoms with Gasteiger partial charge in [-0.15, -0.1) is 0 Å². The fourth-order valence-electron chi connectivity index (χ4n) is 3.73. The number of carbonyl (C=O) groups excluding carboxylic acids is 1. The Morgan fingerprint density at radius 1 is 1.19 bits per heavy atom. The molecule has 3 rings (SSSR count). The molecule has 1 N–H and O–H groups in total. The molecule has 1 fully saturated rings. The molecule has 0 unspecified atom stereocenters. The molecule has 1 saturated carbocycles. The van der Waals surface area contributed by atoms with Crippen LogP contribution in [0.25, 0.3) is 6.08 Å². The number of halogens is 1. The minimum absolute atomic E-state index is 0.0864. The molecule has 0 saturated heterocycles. The van der Waals surface area contributed by atoms with Crippen LogP contribution in [0.1, 0.15) is 43.7 Å². The van der Waals surface area contributed by atoms with Gasteiger partial charge in [-0.1, -0.05) is 53.9 Å². The van der Waals surface area contributed by atoms with Crippen molar-refractivity contribution >= 4 is 27.9 Å². The van der Waals surface area contributed by atoms with Crippen LogP contribution in [0.4, 0.5) is 0 Å². The van der Waals surface area contributed by atoms with E-state index in [4.69, 9.17) is 9.47 Å². The summed E-state index contributed by atoms with van der Waals surface area (Å²) in [6, 6.07) is 15.4. The first-order valence-electron chi connectivity index (χ1n) is 10.5. The van der Waals surface area contributed by atoms with Gasteiger partial charge in [0.15, 0.2) is 11.5 Å². The molecule has 1 aliphatic carbocycles. The second kappa shape index (κ2) is 11.0. The predicted molar refractivity (Wildman–Crippen MR) is 125 cm³/mol. The van der Waals surface area contributed by atoms with Crippen molar-refractivity contribution in [2.45, 2.75) is 45.3 Å². The van der Waals surface area contributed by atoms with Crippen molar-refractivity contribution in [2.24, 2.45) is 5.92 Å². The van der Waals surface area contributed by atoms with Crippen LogP contribution in [-0.2, 0) is 11.4 Å². The highest BCUT2D eigenvalue weighted by Crippen LogP contribution is 2.30. The van der Waals surface area contributed by atoms with Gasteiger partial charge in [0.05, 0.1) is 7.11 Å². The highest BCUT2D eigenvalue weighted by Gasteiger charge is 2.24. The molecule has 6 heteroatoms. The Morgan fingerprint density at radius 2 is 1.94 bits per heavy atom. The number of amides is 1. The van der Waals surface area contributed by atoms with E-state index in [-0.39, 0.29) is 17.5 Å². The lowest BCUT2D eigenvalue weighted by Gasteiger charge is -2.29. The Kier molecular flexibility index (Phi) is 8.13. The molecular weight excluding hydrogens is 456 g/mol. The molecule has 31 heavy (non-hydrogen) atoms. The average Bonchev–Trinajstić information content (AvgIpc) is 2.78. The van der Waals surface area contributed by atoms with Crippen molar-refractivity contribution in [2.75, 3.05) is 7.11 Å². The molecular formula is C25H27BrN2O3. The van der Waals surface area contributed by atoms with Crippen molar-refractivity contribution < 1.29 is 14.3 Å². The molecule has 5 nitrogen and oxygen atoms in total. The summed E-state index contributed by atoms with van der Waals surface area (Å²) in [6.07, 6.45) is 5.97. The third-order valence-corrected chi connectivity index (χ3v) is 6.13. The highest BCUT2D eigenvalue weighted by atomic mass is 79.9. The number of benzene rings is 2. The molecule has 1 aliphatic rings. The zero-order valence-corrected chi connectivity index (χ0v) is 19.4. The van der Waals surface area contributed by atoms with Crippen LogP contribution in [0.15, 0.2) is 52.5 Å². The molecule has 0 spiro atoms. The monoisotopic (exact) mass is 482 g/mol. The third kappa shape index (κ3) is 6.35. The standard InChI is InChI=1S/C25H27BrN2O3/c1-17-5-3-4-6-22(17)28-25(29)20(15-27)13-19-9-12-23(24(14-19)30-2)31-16-18-7-10-21(26)11-8-18/h7-14,17,22H,3-6,16H2,1-2H3,(H,28,29)/b20-13+/t17-,22+/m1/s1. The van der Waals surface area contributed by atoms with Gasteiger partial charge in [-0.25, -0.2) is 0 Å². The third-order valence-electron chi connectivity index (χ3n) is 5.60. The second-order valence-electron chi connectivity index (χ2n) is 7.84. The molecule has 2 aromatic rings. The maximum Gasteiger partial charge on any atom is 0.262 e. The molecule has 0 aliphatic heterocycles. The summed E-state index contributed by atoms with van der Waals surface area (Å²) in [4.78, 5) is 12.6. The highest BCUT2D eigenvalue weighted by molar-refractivity contribution is 9.10. The normalized spacial score (nSPS) is 18.7. The van der Waals surface area contributed by atoms with Crippen molar-refractivity contribution in [1.29, 1.82) is 5.26 Å². The first-order valence-corrected chi connectivity index (χ1v) is 11.3. The largest absolute Gasteiger partial charge is 0.493 e. The summed E-state index contributed by atoms with van der Waals surface area (Å²) >= 11 is 3.42. The first kappa shape index (κ1) is 22.9. The maximum absolute atomic E-state index is 12.6. The van der Waals surface area contributed by atoms with Crippen LogP contribution in [0.5, 0.6) is 11.5 Å². The van der Waals surface area contributed by atoms with Crippen LogP contribution >= 0.6 is 15.9 Å². The Hall–Kier alpha value is -2.78. The topological polar surface area (TPSA) is 71.3 Å². The Bertz CT molecular complexity index is 979. The molecule has 2 atom stereocenters. The Morgan fingerprint density at radius 3 is 2.61 bits per heavy atom. The number of carbonyl (C=O) groups is 1. The van der Waals surface area contributed by atoms with Crippen LogP contribution in [0, 0.1) is 17.2 Å². The van der Waals surface area contributed by atoms with E-state index in [0.29, 0.717) is 29.6 Å². The Balaban J connectivity index is 1.70. The second-order valence-corrected chi connectivity index (χ2v) is 8.75. The van der Waals surface area contributed by atoms with Crippen LogP contribution in [0.3, 0.4) is 0 Å². The summed E-state index contributed by atoms with van der Waals surface area (Å²) in [5, 5.41) is 12.6. The number of methoxy groups -OCH3 is 1. The summed E-state index contributed by atoms with van der Waals surface area (Å²) in [5.41, 5.74) is 1.83. The van der Waals surface area contributed by atoms with E-state index in [1.165, 1.54) is 6.42 Å². The van der Waals surface area contributed by atoms with Crippen molar-refractivity contribution in [1.82, 2.24) is 5.32 Å². The SMILES string of the molecule is COc1cc(/C=C(\C#N)C(=O)N[C@H]2CCCC[C@H]2C)ccc1OCc1ccc(Br)cc1. The summed E-state index contributed by atoms with van der Waals surface area (Å²) in [7, 11) is 1.57. The predicted octanol–water partition coefficient (Wildman–Crippen LogP) is 5.64. The van der Waals surface area contributed by atoms with E-state index < -0.39 is 0 Å². The fraction of sp³-hybridized carbons (Fsp3) is 0.360. The van der Waals surface area contributed by atoms with E-state index in [1.54, 1.807) is 25.3 Å². The zero-order chi connectivity index (χ0) is 22.2. The molecule has 2 aromatic carbocycles. The molecule has 162 valence electrons. The van der Waals surface area contributed by atoms with E-state index >= 15 is 0 Å². The zero-order valence-electron chi connectivity index (χ0n) is 17.9. The van der Waals surface area contributed by atoms with Crippen LogP contribution in [-0.4, -0.2) is 19.1 Å². The lowest BCUT2D eigenvalue weighted by atomic mass is 9.86. The van der Waals surface area contributed by atoms with Gasteiger partial charge in [0.1, 0.15) is 18.2 Å². The van der Waals surface area contributed by atoms with Crippen molar-refractivity contribution in [3.8, 4) is 17.6 Å². The van der Waals surface area contributed by atoms with Crippen molar-refractivity contribution in [3.05, 3.63) is 63.6 Å². The first-order chi connectivity index (χ1) is 15.0. The number of rotatable bonds is 7. The van der Waals surface area contributed by atoms with E-state index in [1.807, 2.05) is 36.4 Å². The van der Waals surface area contributed by atoms with Crippen molar-refractivity contribution in [3.63, 3.8) is 0 Å². The minimum atomic E-state index is -0.323. The van der Waals surface area contributed by atoms with Gasteiger partial charge in [0.2, 0.25) is 0 Å². The number of nitrogens with one attached hydrogen (secondary N) is 1. The fourth-order valence-corrected chi connectivity index (χ4v) is 3.99. The summed E-state index contributed by atoms with van der Waals surface area (Å²) < 4.78 is 12.4. The van der Waals surface area contributed by atoms with Crippen LogP contribution in [0.2, 0.25) is 0 Å². The molecule has 1 amide bonds. The molecule has 0 aromatic heterocycles.